The number of nitrogens with zero attached hydrogens (tertiary/aromatic N) is 2. The van der Waals surface area contributed by atoms with Crippen molar-refractivity contribution in [3.05, 3.63) is 23.3 Å². The smallest absolute Gasteiger partial charge is 0.174 e. The average molecular weight is 312 g/mol. The highest BCUT2D eigenvalue weighted by molar-refractivity contribution is 5.90. The maximum Gasteiger partial charge on any atom is 0.174 e. The Bertz CT molecular complexity index is 778. The van der Waals surface area contributed by atoms with Gasteiger partial charge in [-0.15, -0.1) is 0 Å². The largest absolute Gasteiger partial charge is 0.504 e. The molecule has 0 aromatic heterocycles. The van der Waals surface area contributed by atoms with Crippen LogP contribution in [0.3, 0.4) is 0 Å². The number of hydrogen-bond donors (Lipinski definition) is 1. The van der Waals surface area contributed by atoms with E-state index in [0.717, 1.165) is 38.0 Å². The Balaban J connectivity index is 1.74. The Kier molecular flexibility index (Phi) is 1.98. The van der Waals surface area contributed by atoms with Gasteiger partial charge in [0.25, 0.3) is 0 Å². The number of ketones is 1. The van der Waals surface area contributed by atoms with Gasteiger partial charge in [0.1, 0.15) is 0 Å². The van der Waals surface area contributed by atoms with E-state index in [1.165, 1.54) is 5.56 Å². The first-order valence-electron chi connectivity index (χ1n) is 8.59. The fraction of sp³-hybridized carbons (Fsp3) is 0.611. The molecule has 1 aromatic carbocycles. The fourth-order valence-corrected chi connectivity index (χ4v) is 6.75. The van der Waals surface area contributed by atoms with E-state index in [9.17, 15) is 9.90 Å². The van der Waals surface area contributed by atoms with Gasteiger partial charge in [-0.3, -0.25) is 14.6 Å². The standard InChI is InChI=1S/C18H20N2O3/c1-19-9-20-7-6-17-14-10-2-3-11(21)15(14)23-16(17)12(22)4-5-18(17,20)13(19)8-10/h2-3,13,16,21H,4-9H2,1H3/t13?,16?,17-,18+/m0/s1. The van der Waals surface area contributed by atoms with Crippen molar-refractivity contribution in [3.8, 4) is 11.5 Å². The maximum atomic E-state index is 12.7. The van der Waals surface area contributed by atoms with E-state index in [1.807, 2.05) is 6.07 Å². The van der Waals surface area contributed by atoms with Gasteiger partial charge in [0, 0.05) is 24.6 Å². The van der Waals surface area contributed by atoms with Gasteiger partial charge in [-0.25, -0.2) is 0 Å². The summed E-state index contributed by atoms with van der Waals surface area (Å²) in [6.45, 7) is 1.99. The first-order chi connectivity index (χ1) is 11.1. The lowest BCUT2D eigenvalue weighted by Gasteiger charge is -2.55. The molecule has 120 valence electrons. The van der Waals surface area contributed by atoms with Crippen molar-refractivity contribution in [2.45, 2.75) is 48.8 Å². The van der Waals surface area contributed by atoms with Gasteiger partial charge in [0.15, 0.2) is 23.4 Å². The van der Waals surface area contributed by atoms with E-state index in [0.29, 0.717) is 18.2 Å². The zero-order chi connectivity index (χ0) is 15.6. The molecule has 2 unspecified atom stereocenters. The van der Waals surface area contributed by atoms with Crippen LogP contribution in [-0.2, 0) is 16.6 Å². The Morgan fingerprint density at radius 3 is 3.09 bits per heavy atom. The van der Waals surface area contributed by atoms with Crippen molar-refractivity contribution in [1.29, 1.82) is 0 Å². The second-order valence-corrected chi connectivity index (χ2v) is 7.94. The number of hydrogen-bond acceptors (Lipinski definition) is 5. The number of carbonyl (C=O) groups is 1. The molecule has 2 aliphatic carbocycles. The molecule has 5 aliphatic rings. The molecule has 4 atom stereocenters. The summed E-state index contributed by atoms with van der Waals surface area (Å²) in [6.07, 6.45) is 3.07. The molecular weight excluding hydrogens is 292 g/mol. The van der Waals surface area contributed by atoms with Crippen molar-refractivity contribution < 1.29 is 14.6 Å². The van der Waals surface area contributed by atoms with Crippen molar-refractivity contribution in [1.82, 2.24) is 9.80 Å². The fourth-order valence-electron chi connectivity index (χ4n) is 6.75. The number of benzene rings is 1. The number of carbonyl (C=O) groups excluding carboxylic acids is 1. The summed E-state index contributed by atoms with van der Waals surface area (Å²) < 4.78 is 6.16. The molecule has 3 fully saturated rings. The highest BCUT2D eigenvalue weighted by atomic mass is 16.5. The number of ether oxygens (including phenoxy) is 1. The summed E-state index contributed by atoms with van der Waals surface area (Å²) in [5, 5.41) is 10.4. The Morgan fingerprint density at radius 2 is 2.22 bits per heavy atom. The molecule has 3 heterocycles. The predicted molar refractivity (Wildman–Crippen MR) is 82.6 cm³/mol. The van der Waals surface area contributed by atoms with E-state index in [2.05, 4.69) is 16.8 Å². The Hall–Kier alpha value is -1.59. The number of rotatable bonds is 0. The molecule has 2 saturated heterocycles. The third kappa shape index (κ3) is 1.07. The van der Waals surface area contributed by atoms with Crippen LogP contribution in [0.1, 0.15) is 30.4 Å². The maximum absolute atomic E-state index is 12.7. The minimum absolute atomic E-state index is 0.00632. The first kappa shape index (κ1) is 12.8. The van der Waals surface area contributed by atoms with E-state index in [-0.39, 0.29) is 22.5 Å². The van der Waals surface area contributed by atoms with Gasteiger partial charge in [0.2, 0.25) is 0 Å². The second-order valence-electron chi connectivity index (χ2n) is 7.94. The van der Waals surface area contributed by atoms with Gasteiger partial charge in [-0.2, -0.15) is 0 Å². The Labute approximate surface area is 134 Å². The average Bonchev–Trinajstić information content (AvgIpc) is 3.15. The molecule has 2 spiro atoms. The molecule has 1 saturated carbocycles. The third-order valence-electron chi connectivity index (χ3n) is 7.40. The number of likely N-dealkylation sites (N-methyl/N-ethyl adjacent to an activating group) is 1. The molecule has 5 nitrogen and oxygen atoms in total. The van der Waals surface area contributed by atoms with E-state index in [4.69, 9.17) is 4.74 Å². The monoisotopic (exact) mass is 312 g/mol. The number of phenolic OH excluding ortho intramolecular Hbond substituents is 1. The molecule has 3 aliphatic heterocycles. The molecule has 23 heavy (non-hydrogen) atoms. The van der Waals surface area contributed by atoms with Gasteiger partial charge < -0.3 is 9.84 Å². The van der Waals surface area contributed by atoms with E-state index in [1.54, 1.807) is 6.07 Å². The lowest BCUT2D eigenvalue weighted by atomic mass is 9.51. The van der Waals surface area contributed by atoms with Crippen LogP contribution in [-0.4, -0.2) is 58.6 Å². The van der Waals surface area contributed by atoms with Crippen molar-refractivity contribution in [2.24, 2.45) is 0 Å². The topological polar surface area (TPSA) is 53.0 Å². The molecule has 1 N–H and O–H groups in total. The Morgan fingerprint density at radius 1 is 1.35 bits per heavy atom. The minimum atomic E-state index is -0.405. The second kappa shape index (κ2) is 3.57. The summed E-state index contributed by atoms with van der Waals surface area (Å²) in [5.74, 6) is 1.00. The molecule has 0 amide bonds. The van der Waals surface area contributed by atoms with E-state index < -0.39 is 6.10 Å². The molecule has 6 rings (SSSR count). The van der Waals surface area contributed by atoms with E-state index >= 15 is 0 Å². The van der Waals surface area contributed by atoms with Crippen LogP contribution >= 0.6 is 0 Å². The molecule has 0 radical (unpaired) electrons. The van der Waals surface area contributed by atoms with Gasteiger partial charge >= 0.3 is 0 Å². The zero-order valence-electron chi connectivity index (χ0n) is 13.2. The summed E-state index contributed by atoms with van der Waals surface area (Å²) in [5.41, 5.74) is 2.18. The van der Waals surface area contributed by atoms with Gasteiger partial charge in [-0.05, 0) is 37.9 Å². The van der Waals surface area contributed by atoms with Crippen molar-refractivity contribution in [2.75, 3.05) is 20.3 Å². The predicted octanol–water partition coefficient (Wildman–Crippen LogP) is 1.03. The van der Waals surface area contributed by atoms with Gasteiger partial charge in [-0.1, -0.05) is 6.07 Å². The molecule has 5 heteroatoms. The molecule has 1 aromatic rings. The van der Waals surface area contributed by atoms with Crippen LogP contribution in [0.25, 0.3) is 0 Å². The summed E-state index contributed by atoms with van der Waals surface area (Å²) in [7, 11) is 2.21. The van der Waals surface area contributed by atoms with Crippen LogP contribution in [0.2, 0.25) is 0 Å². The normalized spacial score (nSPS) is 43.4. The van der Waals surface area contributed by atoms with Crippen molar-refractivity contribution in [3.63, 3.8) is 0 Å². The van der Waals surface area contributed by atoms with Gasteiger partial charge in [0.05, 0.1) is 17.6 Å². The van der Waals surface area contributed by atoms with Crippen LogP contribution < -0.4 is 4.74 Å². The van der Waals surface area contributed by atoms with Crippen molar-refractivity contribution >= 4 is 5.78 Å². The highest BCUT2D eigenvalue weighted by Crippen LogP contribution is 2.68. The molecule has 0 bridgehead atoms. The lowest BCUT2D eigenvalue weighted by Crippen LogP contribution is -2.70. The lowest BCUT2D eigenvalue weighted by molar-refractivity contribution is -0.136. The summed E-state index contributed by atoms with van der Waals surface area (Å²) >= 11 is 0. The summed E-state index contributed by atoms with van der Waals surface area (Å²) in [6, 6.07) is 4.22. The number of aromatic hydroxyl groups is 1. The van der Waals surface area contributed by atoms with Crippen LogP contribution in [0.5, 0.6) is 11.5 Å². The number of Topliss-reactive ketones (excluding diaryl/α,β-unsaturated/α-hetero) is 1. The van der Waals surface area contributed by atoms with Crippen LogP contribution in [0, 0.1) is 0 Å². The summed E-state index contributed by atoms with van der Waals surface area (Å²) in [4.78, 5) is 17.8. The van der Waals surface area contributed by atoms with Crippen LogP contribution in [0.15, 0.2) is 12.1 Å². The number of phenols is 1. The molecular formula is C18H20N2O3. The third-order valence-corrected chi connectivity index (χ3v) is 7.40. The quantitative estimate of drug-likeness (QED) is 0.775. The SMILES string of the molecule is CN1CN2CC[C@]34c5c6ccc(O)c5OC3C(=O)CC[C@]24C1C6. The zero-order valence-corrected chi connectivity index (χ0v) is 13.2. The first-order valence-corrected chi connectivity index (χ1v) is 8.59. The minimum Gasteiger partial charge on any atom is -0.504 e. The van der Waals surface area contributed by atoms with Crippen LogP contribution in [0.4, 0.5) is 0 Å². The highest BCUT2D eigenvalue weighted by Gasteiger charge is 2.77.